The number of pyridine rings is 1. The fourth-order valence-corrected chi connectivity index (χ4v) is 1.06. The minimum Gasteiger partial charge on any atom is -0.465 e. The van der Waals surface area contributed by atoms with Gasteiger partial charge in [0.05, 0.1) is 12.7 Å². The molecule has 0 saturated carbocycles. The molecule has 5 heteroatoms. The molecule has 0 bridgehead atoms. The normalized spacial score (nSPS) is 8.92. The van der Waals surface area contributed by atoms with Crippen molar-refractivity contribution in [3.8, 4) is 5.40 Å². The number of nitriles is 1. The van der Waals surface area contributed by atoms with Crippen molar-refractivity contribution in [2.75, 3.05) is 7.11 Å². The summed E-state index contributed by atoms with van der Waals surface area (Å²) in [4.78, 5) is 14.8. The van der Waals surface area contributed by atoms with E-state index in [4.69, 9.17) is 5.26 Å². The van der Waals surface area contributed by atoms with Gasteiger partial charge in [0.1, 0.15) is 10.4 Å². The highest BCUT2D eigenvalue weighted by molar-refractivity contribution is 8.03. The van der Waals surface area contributed by atoms with E-state index in [1.165, 1.54) is 13.3 Å². The Bertz CT molecular complexity index is 342. The molecule has 0 unspecified atom stereocenters. The molecule has 0 amide bonds. The van der Waals surface area contributed by atoms with Crippen LogP contribution in [0.5, 0.6) is 0 Å². The van der Waals surface area contributed by atoms with Crippen molar-refractivity contribution in [2.45, 2.75) is 5.03 Å². The lowest BCUT2D eigenvalue weighted by Gasteiger charge is -1.97. The lowest BCUT2D eigenvalue weighted by Crippen LogP contribution is -2.01. The average Bonchev–Trinajstić information content (AvgIpc) is 2.18. The van der Waals surface area contributed by atoms with Crippen molar-refractivity contribution in [2.24, 2.45) is 0 Å². The summed E-state index contributed by atoms with van der Waals surface area (Å²) in [6, 6.07) is 3.17. The van der Waals surface area contributed by atoms with E-state index in [9.17, 15) is 4.79 Å². The summed E-state index contributed by atoms with van der Waals surface area (Å²) in [7, 11) is 1.31. The maximum atomic E-state index is 10.9. The van der Waals surface area contributed by atoms with Crippen LogP contribution in [0.2, 0.25) is 0 Å². The van der Waals surface area contributed by atoms with E-state index in [-0.39, 0.29) is 0 Å². The fraction of sp³-hybridized carbons (Fsp3) is 0.125. The quantitative estimate of drug-likeness (QED) is 0.405. The Morgan fingerprint density at radius 2 is 2.46 bits per heavy atom. The second-order valence-electron chi connectivity index (χ2n) is 2.07. The lowest BCUT2D eigenvalue weighted by molar-refractivity contribution is 0.0600. The summed E-state index contributed by atoms with van der Waals surface area (Å²) in [6.07, 6.45) is 1.38. The van der Waals surface area contributed by atoms with E-state index in [1.807, 2.05) is 5.40 Å². The molecule has 1 rings (SSSR count). The predicted molar refractivity (Wildman–Crippen MR) is 47.0 cm³/mol. The van der Waals surface area contributed by atoms with Gasteiger partial charge in [-0.1, -0.05) is 0 Å². The van der Waals surface area contributed by atoms with Gasteiger partial charge in [-0.3, -0.25) is 0 Å². The molecule has 0 N–H and O–H groups in total. The second kappa shape index (κ2) is 4.48. The zero-order valence-corrected chi connectivity index (χ0v) is 7.67. The predicted octanol–water partition coefficient (Wildman–Crippen LogP) is 1.44. The largest absolute Gasteiger partial charge is 0.465 e. The number of carbonyl (C=O) groups is 1. The van der Waals surface area contributed by atoms with Crippen LogP contribution in [-0.4, -0.2) is 18.1 Å². The Balaban J connectivity index is 2.82. The first kappa shape index (κ1) is 9.55. The maximum Gasteiger partial charge on any atom is 0.339 e. The summed E-state index contributed by atoms with van der Waals surface area (Å²) in [5.41, 5.74) is 0.379. The standard InChI is InChI=1S/C8H6N2O2S/c1-12-8(11)6-2-3-7(10-4-6)13-5-9/h2-4H,1H3. The number of nitrogens with zero attached hydrogens (tertiary/aromatic N) is 2. The molecule has 0 saturated heterocycles. The number of carbonyl (C=O) groups excluding carboxylic acids is 1. The molecule has 0 spiro atoms. The molecule has 1 heterocycles. The van der Waals surface area contributed by atoms with Crippen LogP contribution in [0.4, 0.5) is 0 Å². The molecule has 0 fully saturated rings. The Morgan fingerprint density at radius 3 is 2.92 bits per heavy atom. The lowest BCUT2D eigenvalue weighted by atomic mass is 10.3. The fourth-order valence-electron chi connectivity index (χ4n) is 0.726. The van der Waals surface area contributed by atoms with Crippen molar-refractivity contribution in [3.63, 3.8) is 0 Å². The molecule has 1 aromatic rings. The van der Waals surface area contributed by atoms with Crippen LogP contribution < -0.4 is 0 Å². The molecular formula is C8H6N2O2S. The highest BCUT2D eigenvalue weighted by Gasteiger charge is 2.04. The molecule has 0 aliphatic rings. The van der Waals surface area contributed by atoms with E-state index in [0.29, 0.717) is 10.6 Å². The Hall–Kier alpha value is -1.54. The second-order valence-corrected chi connectivity index (χ2v) is 2.88. The molecule has 0 atom stereocenters. The van der Waals surface area contributed by atoms with Gasteiger partial charge in [-0.05, 0) is 12.1 Å². The summed E-state index contributed by atoms with van der Waals surface area (Å²) < 4.78 is 4.49. The number of rotatable bonds is 2. The molecular weight excluding hydrogens is 188 g/mol. The highest BCUT2D eigenvalue weighted by atomic mass is 32.2. The van der Waals surface area contributed by atoms with Crippen molar-refractivity contribution < 1.29 is 9.53 Å². The highest BCUT2D eigenvalue weighted by Crippen LogP contribution is 2.13. The third-order valence-corrected chi connectivity index (χ3v) is 1.85. The van der Waals surface area contributed by atoms with Gasteiger partial charge in [0, 0.05) is 18.0 Å². The third-order valence-electron chi connectivity index (χ3n) is 1.31. The molecule has 1 aromatic heterocycles. The van der Waals surface area contributed by atoms with Crippen molar-refractivity contribution in [1.82, 2.24) is 4.98 Å². The van der Waals surface area contributed by atoms with Crippen molar-refractivity contribution in [3.05, 3.63) is 23.9 Å². The van der Waals surface area contributed by atoms with Crippen LogP contribution >= 0.6 is 11.8 Å². The van der Waals surface area contributed by atoms with Crippen LogP contribution in [0.25, 0.3) is 0 Å². The van der Waals surface area contributed by atoms with E-state index in [1.54, 1.807) is 12.1 Å². The smallest absolute Gasteiger partial charge is 0.339 e. The first-order valence-electron chi connectivity index (χ1n) is 3.38. The van der Waals surface area contributed by atoms with Crippen LogP contribution in [0.15, 0.2) is 23.4 Å². The first-order valence-corrected chi connectivity index (χ1v) is 4.20. The number of thioether (sulfide) groups is 1. The van der Waals surface area contributed by atoms with Crippen molar-refractivity contribution in [1.29, 1.82) is 5.26 Å². The number of hydrogen-bond donors (Lipinski definition) is 0. The first-order chi connectivity index (χ1) is 6.27. The maximum absolute atomic E-state index is 10.9. The van der Waals surface area contributed by atoms with Crippen molar-refractivity contribution >= 4 is 17.7 Å². The SMILES string of the molecule is COC(=O)c1ccc(SC#N)nc1. The number of ether oxygens (including phenoxy) is 1. The van der Waals surface area contributed by atoms with Crippen LogP contribution in [0.3, 0.4) is 0 Å². The van der Waals surface area contributed by atoms with E-state index in [0.717, 1.165) is 11.8 Å². The zero-order valence-electron chi connectivity index (χ0n) is 6.85. The van der Waals surface area contributed by atoms with Gasteiger partial charge in [0.15, 0.2) is 0 Å². The zero-order chi connectivity index (χ0) is 9.68. The summed E-state index contributed by atoms with van der Waals surface area (Å²) >= 11 is 0.946. The molecule has 13 heavy (non-hydrogen) atoms. The Labute approximate surface area is 79.5 Å². The monoisotopic (exact) mass is 194 g/mol. The molecule has 66 valence electrons. The number of methoxy groups -OCH3 is 1. The molecule has 0 aliphatic carbocycles. The number of aromatic nitrogens is 1. The van der Waals surface area contributed by atoms with E-state index >= 15 is 0 Å². The summed E-state index contributed by atoms with van der Waals surface area (Å²) in [6.45, 7) is 0. The average molecular weight is 194 g/mol. The Morgan fingerprint density at radius 1 is 1.69 bits per heavy atom. The minimum atomic E-state index is -0.430. The third kappa shape index (κ3) is 2.46. The van der Waals surface area contributed by atoms with Crippen LogP contribution in [0.1, 0.15) is 10.4 Å². The van der Waals surface area contributed by atoms with Gasteiger partial charge in [0.25, 0.3) is 0 Å². The van der Waals surface area contributed by atoms with Crippen LogP contribution in [-0.2, 0) is 4.74 Å². The van der Waals surface area contributed by atoms with E-state index in [2.05, 4.69) is 9.72 Å². The summed E-state index contributed by atoms with van der Waals surface area (Å²) in [5.74, 6) is -0.430. The van der Waals surface area contributed by atoms with Crippen LogP contribution in [0, 0.1) is 10.7 Å². The van der Waals surface area contributed by atoms with Gasteiger partial charge in [0.2, 0.25) is 0 Å². The van der Waals surface area contributed by atoms with Gasteiger partial charge in [-0.25, -0.2) is 9.78 Å². The molecule has 0 aromatic carbocycles. The van der Waals surface area contributed by atoms with Gasteiger partial charge < -0.3 is 4.74 Å². The van der Waals surface area contributed by atoms with Gasteiger partial charge >= 0.3 is 5.97 Å². The molecule has 0 aliphatic heterocycles. The van der Waals surface area contributed by atoms with E-state index < -0.39 is 5.97 Å². The number of esters is 1. The van der Waals surface area contributed by atoms with Gasteiger partial charge in [-0.2, -0.15) is 5.26 Å². The molecule has 4 nitrogen and oxygen atoms in total. The minimum absolute atomic E-state index is 0.379. The number of hydrogen-bond acceptors (Lipinski definition) is 5. The number of thiocyanates is 1. The topological polar surface area (TPSA) is 63.0 Å². The summed E-state index contributed by atoms with van der Waals surface area (Å²) in [5, 5.41) is 10.8. The Kier molecular flexibility index (Phi) is 3.29. The van der Waals surface area contributed by atoms with Gasteiger partial charge in [-0.15, -0.1) is 0 Å². The molecule has 0 radical (unpaired) electrons.